The van der Waals surface area contributed by atoms with Crippen LogP contribution in [-0.2, 0) is 34.0 Å². The maximum absolute atomic E-state index is 13.1. The molecule has 0 aromatic heterocycles. The van der Waals surface area contributed by atoms with Crippen LogP contribution in [0.25, 0.3) is 0 Å². The second-order valence-corrected chi connectivity index (χ2v) is 8.56. The van der Waals surface area contributed by atoms with Gasteiger partial charge in [0.15, 0.2) is 0 Å². The van der Waals surface area contributed by atoms with Crippen LogP contribution >= 0.6 is 0 Å². The highest BCUT2D eigenvalue weighted by molar-refractivity contribution is 6.02. The SMILES string of the molecule is [2H]c1cc(COc2cccc3c2CN(C2CCC(=C)NC2=O)C3=O)c([2H])c([2H])c1CN1CCOCC1=O. The van der Waals surface area contributed by atoms with Crippen LogP contribution in [-0.4, -0.2) is 53.3 Å². The fraction of sp³-hybridized carbons (Fsp3) is 0.346. The molecule has 2 fully saturated rings. The largest absolute Gasteiger partial charge is 0.489 e. The number of nitrogens with zero attached hydrogens (tertiary/aromatic N) is 2. The number of hydrogen-bond acceptors (Lipinski definition) is 5. The number of carbonyl (C=O) groups excluding carboxylic acids is 3. The zero-order chi connectivity index (χ0) is 26.3. The molecule has 1 atom stereocenters. The molecule has 3 amide bonds. The summed E-state index contributed by atoms with van der Waals surface area (Å²) in [5.41, 5.74) is 2.44. The minimum absolute atomic E-state index is 0.0254. The average Bonchev–Trinajstić information content (AvgIpc) is 3.21. The molecule has 0 radical (unpaired) electrons. The maximum atomic E-state index is 13.1. The minimum atomic E-state index is -0.583. The number of benzene rings is 2. The van der Waals surface area contributed by atoms with Crippen LogP contribution in [0, 0.1) is 0 Å². The van der Waals surface area contributed by atoms with Crippen molar-refractivity contribution in [3.8, 4) is 5.75 Å². The fourth-order valence-electron chi connectivity index (χ4n) is 4.40. The van der Waals surface area contributed by atoms with Gasteiger partial charge in [0.25, 0.3) is 5.91 Å². The van der Waals surface area contributed by atoms with E-state index in [0.29, 0.717) is 59.7 Å². The molecule has 0 aliphatic carbocycles. The van der Waals surface area contributed by atoms with Gasteiger partial charge in [0.1, 0.15) is 25.0 Å². The zero-order valence-corrected chi connectivity index (χ0v) is 18.7. The van der Waals surface area contributed by atoms with E-state index in [-0.39, 0.29) is 62.2 Å². The first-order valence-electron chi connectivity index (χ1n) is 12.7. The number of amides is 3. The lowest BCUT2D eigenvalue weighted by Crippen LogP contribution is -2.49. The van der Waals surface area contributed by atoms with Gasteiger partial charge in [-0.05, 0) is 36.1 Å². The molecule has 2 aromatic rings. The highest BCUT2D eigenvalue weighted by Gasteiger charge is 2.39. The Morgan fingerprint density at radius 2 is 2.03 bits per heavy atom. The summed E-state index contributed by atoms with van der Waals surface area (Å²) in [7, 11) is 0. The summed E-state index contributed by atoms with van der Waals surface area (Å²) in [6.45, 7) is 4.78. The van der Waals surface area contributed by atoms with Gasteiger partial charge in [-0.2, -0.15) is 0 Å². The second-order valence-electron chi connectivity index (χ2n) is 8.56. The number of piperidine rings is 1. The van der Waals surface area contributed by atoms with Crippen LogP contribution in [0.15, 0.2) is 54.7 Å². The molecule has 3 heterocycles. The third kappa shape index (κ3) is 4.41. The molecule has 8 heteroatoms. The topological polar surface area (TPSA) is 88.2 Å². The van der Waals surface area contributed by atoms with Crippen LogP contribution in [0.3, 0.4) is 0 Å². The molecular formula is C26H27N3O5. The Kier molecular flexibility index (Phi) is 5.13. The van der Waals surface area contributed by atoms with Crippen molar-refractivity contribution >= 4 is 17.7 Å². The van der Waals surface area contributed by atoms with Crippen LogP contribution < -0.4 is 10.1 Å². The Bertz CT molecular complexity index is 1310. The van der Waals surface area contributed by atoms with E-state index in [1.807, 2.05) is 0 Å². The molecule has 5 rings (SSSR count). The van der Waals surface area contributed by atoms with E-state index in [1.54, 1.807) is 23.1 Å². The third-order valence-corrected chi connectivity index (χ3v) is 6.26. The van der Waals surface area contributed by atoms with Crippen molar-refractivity contribution in [1.82, 2.24) is 15.1 Å². The number of nitrogens with one attached hydrogen (secondary N) is 1. The molecule has 0 saturated carbocycles. The summed E-state index contributed by atoms with van der Waals surface area (Å²) in [5.74, 6) is -0.239. The van der Waals surface area contributed by atoms with E-state index < -0.39 is 6.04 Å². The van der Waals surface area contributed by atoms with E-state index in [4.69, 9.17) is 13.6 Å². The van der Waals surface area contributed by atoms with Gasteiger partial charge in [0.2, 0.25) is 11.8 Å². The summed E-state index contributed by atoms with van der Waals surface area (Å²) in [4.78, 5) is 40.7. The molecular weight excluding hydrogens is 434 g/mol. The number of hydrogen-bond donors (Lipinski definition) is 1. The first-order chi connectivity index (χ1) is 17.7. The first-order valence-corrected chi connectivity index (χ1v) is 11.2. The van der Waals surface area contributed by atoms with E-state index >= 15 is 0 Å². The molecule has 1 N–H and O–H groups in total. The molecule has 0 bridgehead atoms. The predicted octanol–water partition coefficient (Wildman–Crippen LogP) is 2.37. The van der Waals surface area contributed by atoms with Crippen molar-refractivity contribution in [2.24, 2.45) is 0 Å². The number of morpholine rings is 1. The van der Waals surface area contributed by atoms with Crippen LogP contribution in [0.2, 0.25) is 0 Å². The van der Waals surface area contributed by atoms with Gasteiger partial charge >= 0.3 is 0 Å². The molecule has 34 heavy (non-hydrogen) atoms. The number of fused-ring (bicyclic) bond motifs is 1. The van der Waals surface area contributed by atoms with Gasteiger partial charge in [0.05, 0.1) is 17.3 Å². The summed E-state index contributed by atoms with van der Waals surface area (Å²) in [6, 6.07) is 5.90. The van der Waals surface area contributed by atoms with Crippen molar-refractivity contribution in [3.63, 3.8) is 0 Å². The Morgan fingerprint density at radius 1 is 1.18 bits per heavy atom. The summed E-state index contributed by atoms with van der Waals surface area (Å²) < 4.78 is 36.4. The highest BCUT2D eigenvalue weighted by atomic mass is 16.5. The Balaban J connectivity index is 1.32. The third-order valence-electron chi connectivity index (χ3n) is 6.26. The van der Waals surface area contributed by atoms with Gasteiger partial charge in [0, 0.05) is 29.9 Å². The normalized spacial score (nSPS) is 21.6. The van der Waals surface area contributed by atoms with Gasteiger partial charge < -0.3 is 24.6 Å². The monoisotopic (exact) mass is 464 g/mol. The Labute approximate surface area is 202 Å². The number of rotatable bonds is 6. The van der Waals surface area contributed by atoms with E-state index in [0.717, 1.165) is 0 Å². The van der Waals surface area contributed by atoms with Crippen molar-refractivity contribution in [1.29, 1.82) is 0 Å². The van der Waals surface area contributed by atoms with Crippen molar-refractivity contribution in [3.05, 3.63) is 76.9 Å². The van der Waals surface area contributed by atoms with Crippen molar-refractivity contribution in [2.45, 2.75) is 38.6 Å². The van der Waals surface area contributed by atoms with Crippen LogP contribution in [0.1, 0.15) is 44.0 Å². The fourth-order valence-corrected chi connectivity index (χ4v) is 4.40. The van der Waals surface area contributed by atoms with Gasteiger partial charge in [-0.3, -0.25) is 14.4 Å². The second kappa shape index (κ2) is 9.30. The van der Waals surface area contributed by atoms with E-state index in [2.05, 4.69) is 11.9 Å². The standard InChI is InChI=1S/C26H27N3O5/c1-17-5-10-22(25(31)27-17)29-14-21-20(26(29)32)3-2-4-23(21)34-15-19-8-6-18(7-9-19)13-28-11-12-33-16-24(28)30/h2-4,6-9,22H,1,5,10-16H2,(H,27,31)/i6D,7D,8D. The van der Waals surface area contributed by atoms with Gasteiger partial charge in [-0.25, -0.2) is 0 Å². The van der Waals surface area contributed by atoms with Crippen molar-refractivity contribution in [2.75, 3.05) is 19.8 Å². The van der Waals surface area contributed by atoms with Gasteiger partial charge in [-0.15, -0.1) is 0 Å². The van der Waals surface area contributed by atoms with Crippen LogP contribution in [0.5, 0.6) is 5.75 Å². The molecule has 0 spiro atoms. The van der Waals surface area contributed by atoms with E-state index in [1.165, 1.54) is 11.0 Å². The number of ether oxygens (including phenoxy) is 2. The molecule has 3 aliphatic rings. The van der Waals surface area contributed by atoms with Crippen LogP contribution in [0.4, 0.5) is 0 Å². The Hall–Kier alpha value is -3.65. The summed E-state index contributed by atoms with van der Waals surface area (Å²) >= 11 is 0. The maximum Gasteiger partial charge on any atom is 0.255 e. The van der Waals surface area contributed by atoms with Crippen molar-refractivity contribution < 1.29 is 28.0 Å². The molecule has 1 unspecified atom stereocenters. The zero-order valence-electron chi connectivity index (χ0n) is 21.7. The summed E-state index contributed by atoms with van der Waals surface area (Å²) in [5, 5.41) is 2.72. The molecule has 3 aliphatic heterocycles. The minimum Gasteiger partial charge on any atom is -0.489 e. The molecule has 176 valence electrons. The lowest BCUT2D eigenvalue weighted by Gasteiger charge is -2.31. The highest BCUT2D eigenvalue weighted by Crippen LogP contribution is 2.34. The lowest BCUT2D eigenvalue weighted by molar-refractivity contribution is -0.143. The smallest absolute Gasteiger partial charge is 0.255 e. The number of allylic oxidation sites excluding steroid dienone is 1. The molecule has 2 aromatic carbocycles. The molecule has 2 saturated heterocycles. The Morgan fingerprint density at radius 3 is 2.85 bits per heavy atom. The average molecular weight is 465 g/mol. The lowest BCUT2D eigenvalue weighted by atomic mass is 10.0. The number of carbonyl (C=O) groups is 3. The van der Waals surface area contributed by atoms with E-state index in [9.17, 15) is 14.4 Å². The first kappa shape index (κ1) is 18.7. The molecule has 8 nitrogen and oxygen atoms in total. The van der Waals surface area contributed by atoms with Gasteiger partial charge in [-0.1, -0.05) is 36.8 Å². The summed E-state index contributed by atoms with van der Waals surface area (Å²) in [6.07, 6.45) is 1.11. The predicted molar refractivity (Wildman–Crippen MR) is 124 cm³/mol. The quantitative estimate of drug-likeness (QED) is 0.709.